The van der Waals surface area contributed by atoms with Crippen molar-refractivity contribution in [3.05, 3.63) is 154 Å². The van der Waals surface area contributed by atoms with Crippen LogP contribution in [0.4, 0.5) is 22.7 Å². The Morgan fingerprint density at radius 2 is 0.431 bits per heavy atom. The summed E-state index contributed by atoms with van der Waals surface area (Å²) in [7, 11) is 0. The number of anilines is 4. The summed E-state index contributed by atoms with van der Waals surface area (Å²) in [5, 5.41) is 0. The SMILES string of the molecule is CCN(CC)c1ccc(/C=C/c2cc(/C=C/c3ccc(N(CC)CC)cc3)c(/C=C/c3ccc(N(CC)CC)cc3)cc2/C=C/c2ccc(N(CC)CC)cc2)cc1. The van der Waals surface area contributed by atoms with Crippen LogP contribution in [0.15, 0.2) is 109 Å². The molecule has 0 bridgehead atoms. The number of nitrogens with zero attached hydrogens (tertiary/aromatic N) is 4. The van der Waals surface area contributed by atoms with Gasteiger partial charge in [0.2, 0.25) is 0 Å². The molecular formula is C54H66N4. The number of hydrogen-bond donors (Lipinski definition) is 0. The molecule has 5 rings (SSSR count). The fourth-order valence-corrected chi connectivity index (χ4v) is 7.53. The van der Waals surface area contributed by atoms with Crippen LogP contribution in [0, 0.1) is 0 Å². The monoisotopic (exact) mass is 771 g/mol. The smallest absolute Gasteiger partial charge is 0.0366 e. The van der Waals surface area contributed by atoms with E-state index in [2.05, 4.69) is 233 Å². The van der Waals surface area contributed by atoms with Crippen LogP contribution in [-0.2, 0) is 0 Å². The molecule has 0 saturated heterocycles. The van der Waals surface area contributed by atoms with Crippen molar-refractivity contribution in [1.29, 1.82) is 0 Å². The Hall–Kier alpha value is -5.74. The molecule has 0 unspecified atom stereocenters. The lowest BCUT2D eigenvalue weighted by atomic mass is 9.95. The molecule has 0 aliphatic heterocycles. The largest absolute Gasteiger partial charge is 0.372 e. The van der Waals surface area contributed by atoms with E-state index in [4.69, 9.17) is 0 Å². The van der Waals surface area contributed by atoms with Gasteiger partial charge >= 0.3 is 0 Å². The summed E-state index contributed by atoms with van der Waals surface area (Å²) in [5.74, 6) is 0. The quantitative estimate of drug-likeness (QED) is 0.0731. The highest BCUT2D eigenvalue weighted by Crippen LogP contribution is 2.28. The Balaban J connectivity index is 1.58. The highest BCUT2D eigenvalue weighted by atomic mass is 15.1. The van der Waals surface area contributed by atoms with Crippen molar-refractivity contribution in [2.75, 3.05) is 72.0 Å². The fraction of sp³-hybridized carbons (Fsp3) is 0.296. The second-order valence-corrected chi connectivity index (χ2v) is 14.5. The van der Waals surface area contributed by atoms with Gasteiger partial charge in [0.25, 0.3) is 0 Å². The predicted molar refractivity (Wildman–Crippen MR) is 262 cm³/mol. The van der Waals surface area contributed by atoms with Crippen molar-refractivity contribution in [3.8, 4) is 0 Å². The summed E-state index contributed by atoms with van der Waals surface area (Å²) in [5.41, 5.74) is 14.4. The van der Waals surface area contributed by atoms with Crippen LogP contribution < -0.4 is 19.6 Å². The molecule has 5 aromatic rings. The van der Waals surface area contributed by atoms with Crippen molar-refractivity contribution in [2.45, 2.75) is 55.4 Å². The second kappa shape index (κ2) is 22.3. The molecule has 4 heteroatoms. The number of hydrogen-bond acceptors (Lipinski definition) is 4. The van der Waals surface area contributed by atoms with E-state index in [0.717, 1.165) is 52.4 Å². The maximum atomic E-state index is 2.38. The van der Waals surface area contributed by atoms with E-state index < -0.39 is 0 Å². The third-order valence-electron chi connectivity index (χ3n) is 11.2. The van der Waals surface area contributed by atoms with Crippen molar-refractivity contribution >= 4 is 71.4 Å². The standard InChI is InChI=1S/C54H66N4/c1-9-55(10-2)51-33-21-43(22-34-51)17-29-47-41-49(31-19-45-25-37-53(38-26-45)57(13-5)14-6)50(32-20-46-27-39-54(40-28-46)58(15-7)16-8)42-48(47)30-18-44-23-35-52(36-24-44)56(11-3)12-4/h17-42H,9-16H2,1-8H3/b29-17+,30-18+,31-19+,32-20+. The van der Waals surface area contributed by atoms with Crippen LogP contribution in [0.3, 0.4) is 0 Å². The Kier molecular flexibility index (Phi) is 16.7. The molecule has 0 amide bonds. The van der Waals surface area contributed by atoms with Gasteiger partial charge in [-0.3, -0.25) is 0 Å². The van der Waals surface area contributed by atoms with E-state index in [1.807, 2.05) is 0 Å². The molecule has 0 aliphatic rings. The number of rotatable bonds is 20. The average molecular weight is 771 g/mol. The maximum Gasteiger partial charge on any atom is 0.0366 e. The molecule has 0 saturated carbocycles. The molecule has 0 radical (unpaired) electrons. The van der Waals surface area contributed by atoms with Crippen molar-refractivity contribution in [1.82, 2.24) is 0 Å². The van der Waals surface area contributed by atoms with Crippen LogP contribution >= 0.6 is 0 Å². The molecule has 0 spiro atoms. The first-order valence-electron chi connectivity index (χ1n) is 21.7. The molecule has 5 aromatic carbocycles. The zero-order chi connectivity index (χ0) is 41.3. The van der Waals surface area contributed by atoms with Gasteiger partial charge in [-0.2, -0.15) is 0 Å². The summed E-state index contributed by atoms with van der Waals surface area (Å²) in [6.45, 7) is 25.7. The molecule has 0 atom stereocenters. The molecule has 0 heterocycles. The highest BCUT2D eigenvalue weighted by Gasteiger charge is 2.08. The second-order valence-electron chi connectivity index (χ2n) is 14.5. The van der Waals surface area contributed by atoms with Gasteiger partial charge in [0, 0.05) is 75.1 Å². The predicted octanol–water partition coefficient (Wildman–Crippen LogP) is 13.8. The maximum absolute atomic E-state index is 2.38. The van der Waals surface area contributed by atoms with E-state index in [1.54, 1.807) is 0 Å². The lowest BCUT2D eigenvalue weighted by Gasteiger charge is -2.21. The van der Waals surface area contributed by atoms with E-state index >= 15 is 0 Å². The van der Waals surface area contributed by atoms with Gasteiger partial charge in [0.15, 0.2) is 0 Å². The Morgan fingerprint density at radius 1 is 0.259 bits per heavy atom. The Bertz CT molecular complexity index is 1780. The molecule has 58 heavy (non-hydrogen) atoms. The van der Waals surface area contributed by atoms with Gasteiger partial charge in [0.1, 0.15) is 0 Å². The number of benzene rings is 5. The first-order chi connectivity index (χ1) is 28.4. The first kappa shape index (κ1) is 43.4. The van der Waals surface area contributed by atoms with E-state index in [1.165, 1.54) is 67.3 Å². The van der Waals surface area contributed by atoms with E-state index in [0.29, 0.717) is 0 Å². The van der Waals surface area contributed by atoms with Gasteiger partial charge in [-0.1, -0.05) is 97.1 Å². The zero-order valence-electron chi connectivity index (χ0n) is 36.5. The van der Waals surface area contributed by atoms with E-state index in [-0.39, 0.29) is 0 Å². The summed E-state index contributed by atoms with van der Waals surface area (Å²) in [6, 6.07) is 40.3. The van der Waals surface area contributed by atoms with Gasteiger partial charge in [-0.05, 0) is 161 Å². The van der Waals surface area contributed by atoms with Crippen molar-refractivity contribution in [2.24, 2.45) is 0 Å². The van der Waals surface area contributed by atoms with Crippen molar-refractivity contribution in [3.63, 3.8) is 0 Å². The molecule has 302 valence electrons. The van der Waals surface area contributed by atoms with Gasteiger partial charge in [-0.15, -0.1) is 0 Å². The van der Waals surface area contributed by atoms with Gasteiger partial charge in [0.05, 0.1) is 0 Å². The molecule has 0 fully saturated rings. The Labute approximate surface area is 351 Å². The summed E-state index contributed by atoms with van der Waals surface area (Å²) < 4.78 is 0. The minimum atomic E-state index is 0.998. The molecule has 0 aromatic heterocycles. The summed E-state index contributed by atoms with van der Waals surface area (Å²) in [6.07, 6.45) is 18.0. The minimum Gasteiger partial charge on any atom is -0.372 e. The third kappa shape index (κ3) is 11.7. The van der Waals surface area contributed by atoms with Gasteiger partial charge < -0.3 is 19.6 Å². The average Bonchev–Trinajstić information content (AvgIpc) is 3.27. The van der Waals surface area contributed by atoms with Crippen LogP contribution in [0.25, 0.3) is 48.6 Å². The molecule has 4 nitrogen and oxygen atoms in total. The Morgan fingerprint density at radius 3 is 0.586 bits per heavy atom. The zero-order valence-corrected chi connectivity index (χ0v) is 36.5. The normalized spacial score (nSPS) is 11.7. The first-order valence-corrected chi connectivity index (χ1v) is 21.7. The summed E-state index contributed by atoms with van der Waals surface area (Å²) >= 11 is 0. The summed E-state index contributed by atoms with van der Waals surface area (Å²) in [4.78, 5) is 9.53. The third-order valence-corrected chi connectivity index (χ3v) is 11.2. The minimum absolute atomic E-state index is 0.998. The van der Waals surface area contributed by atoms with Crippen LogP contribution in [0.2, 0.25) is 0 Å². The topological polar surface area (TPSA) is 13.0 Å². The van der Waals surface area contributed by atoms with Crippen LogP contribution in [-0.4, -0.2) is 52.4 Å². The molecule has 0 N–H and O–H groups in total. The van der Waals surface area contributed by atoms with E-state index in [9.17, 15) is 0 Å². The van der Waals surface area contributed by atoms with Crippen LogP contribution in [0.1, 0.15) is 99.9 Å². The van der Waals surface area contributed by atoms with Crippen molar-refractivity contribution < 1.29 is 0 Å². The molecule has 0 aliphatic carbocycles. The lowest BCUT2D eigenvalue weighted by molar-refractivity contribution is 0.866. The lowest BCUT2D eigenvalue weighted by Crippen LogP contribution is -2.21. The highest BCUT2D eigenvalue weighted by molar-refractivity contribution is 5.87. The fourth-order valence-electron chi connectivity index (χ4n) is 7.53. The van der Waals surface area contributed by atoms with Crippen LogP contribution in [0.5, 0.6) is 0 Å². The molecular weight excluding hydrogens is 705 g/mol. The van der Waals surface area contributed by atoms with Gasteiger partial charge in [-0.25, -0.2) is 0 Å².